The van der Waals surface area contributed by atoms with E-state index in [1.54, 1.807) is 21.3 Å². The molecule has 0 bridgehead atoms. The summed E-state index contributed by atoms with van der Waals surface area (Å²) in [6, 6.07) is 16.2. The van der Waals surface area contributed by atoms with E-state index in [0.29, 0.717) is 6.54 Å². The van der Waals surface area contributed by atoms with Gasteiger partial charge in [0.05, 0.1) is 19.7 Å². The molecule has 0 amide bonds. The first kappa shape index (κ1) is 20.5. The van der Waals surface area contributed by atoms with Gasteiger partial charge in [0.1, 0.15) is 11.5 Å². The summed E-state index contributed by atoms with van der Waals surface area (Å²) in [4.78, 5) is 11.0. The molecule has 0 aliphatic rings. The fraction of sp³-hybridized carbons (Fsp3) is 0.304. The van der Waals surface area contributed by atoms with Gasteiger partial charge in [-0.05, 0) is 30.2 Å². The van der Waals surface area contributed by atoms with Crippen molar-refractivity contribution < 1.29 is 9.47 Å². The van der Waals surface area contributed by atoms with Crippen LogP contribution >= 0.6 is 0 Å². The maximum absolute atomic E-state index is 5.51. The van der Waals surface area contributed by atoms with Gasteiger partial charge in [-0.1, -0.05) is 24.3 Å². The molecule has 0 unspecified atom stereocenters. The number of hydrogen-bond donors (Lipinski definition) is 1. The van der Waals surface area contributed by atoms with Crippen LogP contribution in [0.4, 0.5) is 0 Å². The van der Waals surface area contributed by atoms with Crippen molar-refractivity contribution in [3.63, 3.8) is 0 Å². The van der Waals surface area contributed by atoms with Gasteiger partial charge in [-0.25, -0.2) is 0 Å². The maximum Gasteiger partial charge on any atom is 0.193 e. The first-order valence-electron chi connectivity index (χ1n) is 9.61. The van der Waals surface area contributed by atoms with E-state index in [4.69, 9.17) is 9.47 Å². The minimum Gasteiger partial charge on any atom is -0.497 e. The zero-order chi connectivity index (χ0) is 20.6. The van der Waals surface area contributed by atoms with Gasteiger partial charge in [0.25, 0.3) is 0 Å². The van der Waals surface area contributed by atoms with Crippen molar-refractivity contribution in [2.75, 3.05) is 34.9 Å². The molecule has 152 valence electrons. The lowest BCUT2D eigenvalue weighted by molar-refractivity contribution is 0.382. The normalized spacial score (nSPS) is 11.4. The number of fused-ring (bicyclic) bond motifs is 1. The van der Waals surface area contributed by atoms with Crippen LogP contribution in [0.1, 0.15) is 11.1 Å². The topological polar surface area (TPSA) is 59.0 Å². The second kappa shape index (κ2) is 9.78. The van der Waals surface area contributed by atoms with Crippen LogP contribution in [0.25, 0.3) is 10.9 Å². The summed E-state index contributed by atoms with van der Waals surface area (Å²) in [6.07, 6.45) is 2.71. The Morgan fingerprint density at radius 3 is 2.66 bits per heavy atom. The Balaban J connectivity index is 1.63. The molecular formula is C23H28N4O2. The summed E-state index contributed by atoms with van der Waals surface area (Å²) in [5.41, 5.74) is 3.35. The standard InChI is InChI=1S/C23H28N4O2/c1-24-23(27(2)16-19-10-11-20(28-3)15-21(19)29-4)26-14-12-18-8-5-7-17-9-6-13-25-22(17)18/h5-11,13,15H,12,14,16H2,1-4H3,(H,24,26). The van der Waals surface area contributed by atoms with Crippen molar-refractivity contribution >= 4 is 16.9 Å². The van der Waals surface area contributed by atoms with E-state index in [1.165, 1.54) is 5.56 Å². The van der Waals surface area contributed by atoms with Crippen LogP contribution in [0.5, 0.6) is 11.5 Å². The van der Waals surface area contributed by atoms with Gasteiger partial charge in [0.2, 0.25) is 0 Å². The molecule has 0 aliphatic heterocycles. The summed E-state index contributed by atoms with van der Waals surface area (Å²) in [6.45, 7) is 1.44. The van der Waals surface area contributed by atoms with Gasteiger partial charge in [-0.3, -0.25) is 9.98 Å². The molecule has 1 aromatic heterocycles. The number of methoxy groups -OCH3 is 2. The number of guanidine groups is 1. The number of nitrogens with one attached hydrogen (secondary N) is 1. The number of rotatable bonds is 7. The molecule has 0 radical (unpaired) electrons. The molecule has 0 spiro atoms. The number of nitrogens with zero attached hydrogens (tertiary/aromatic N) is 3. The van der Waals surface area contributed by atoms with Gasteiger partial charge < -0.3 is 19.7 Å². The minimum absolute atomic E-state index is 0.669. The van der Waals surface area contributed by atoms with Crippen molar-refractivity contribution in [1.82, 2.24) is 15.2 Å². The zero-order valence-electron chi connectivity index (χ0n) is 17.5. The fourth-order valence-corrected chi connectivity index (χ4v) is 3.38. The van der Waals surface area contributed by atoms with Crippen LogP contribution in [-0.4, -0.2) is 50.7 Å². The van der Waals surface area contributed by atoms with E-state index in [1.807, 2.05) is 37.5 Å². The Hall–Kier alpha value is -3.28. The predicted molar refractivity (Wildman–Crippen MR) is 118 cm³/mol. The van der Waals surface area contributed by atoms with Gasteiger partial charge in [-0.2, -0.15) is 0 Å². The third-order valence-corrected chi connectivity index (χ3v) is 4.87. The number of para-hydroxylation sites is 1. The summed E-state index contributed by atoms with van der Waals surface area (Å²) in [5.74, 6) is 2.41. The molecular weight excluding hydrogens is 364 g/mol. The zero-order valence-corrected chi connectivity index (χ0v) is 17.5. The number of aromatic nitrogens is 1. The molecule has 29 heavy (non-hydrogen) atoms. The number of pyridine rings is 1. The highest BCUT2D eigenvalue weighted by Crippen LogP contribution is 2.25. The second-order valence-corrected chi connectivity index (χ2v) is 6.75. The Bertz CT molecular complexity index is 982. The first-order chi connectivity index (χ1) is 14.2. The predicted octanol–water partition coefficient (Wildman–Crippen LogP) is 3.50. The average molecular weight is 393 g/mol. The van der Waals surface area contributed by atoms with Gasteiger partial charge >= 0.3 is 0 Å². The second-order valence-electron chi connectivity index (χ2n) is 6.75. The van der Waals surface area contributed by atoms with Crippen LogP contribution in [0.2, 0.25) is 0 Å². The summed E-state index contributed by atoms with van der Waals surface area (Å²) in [5, 5.41) is 4.61. The van der Waals surface area contributed by atoms with E-state index in [9.17, 15) is 0 Å². The van der Waals surface area contributed by atoms with Crippen LogP contribution in [0, 0.1) is 0 Å². The average Bonchev–Trinajstić information content (AvgIpc) is 2.77. The highest BCUT2D eigenvalue weighted by molar-refractivity contribution is 5.82. The Labute approximate surface area is 172 Å². The van der Waals surface area contributed by atoms with Crippen LogP contribution in [-0.2, 0) is 13.0 Å². The van der Waals surface area contributed by atoms with Crippen molar-refractivity contribution in [1.29, 1.82) is 0 Å². The number of hydrogen-bond acceptors (Lipinski definition) is 4. The van der Waals surface area contributed by atoms with E-state index in [-0.39, 0.29) is 0 Å². The lowest BCUT2D eigenvalue weighted by Crippen LogP contribution is -2.39. The van der Waals surface area contributed by atoms with Crippen LogP contribution in [0.15, 0.2) is 59.7 Å². The highest BCUT2D eigenvalue weighted by atomic mass is 16.5. The van der Waals surface area contributed by atoms with E-state index in [2.05, 4.69) is 44.5 Å². The molecule has 2 aromatic carbocycles. The number of ether oxygens (including phenoxy) is 2. The lowest BCUT2D eigenvalue weighted by atomic mass is 10.1. The molecule has 3 rings (SSSR count). The van der Waals surface area contributed by atoms with Crippen molar-refractivity contribution in [2.24, 2.45) is 4.99 Å². The Kier molecular flexibility index (Phi) is 6.89. The van der Waals surface area contributed by atoms with Crippen molar-refractivity contribution in [3.8, 4) is 11.5 Å². The van der Waals surface area contributed by atoms with Gasteiger partial charge in [-0.15, -0.1) is 0 Å². The van der Waals surface area contributed by atoms with E-state index < -0.39 is 0 Å². The molecule has 0 atom stereocenters. The molecule has 0 saturated carbocycles. The SMILES string of the molecule is CN=C(NCCc1cccc2cccnc12)N(C)Cc1ccc(OC)cc1OC. The molecule has 0 aliphatic carbocycles. The third-order valence-electron chi connectivity index (χ3n) is 4.87. The summed E-state index contributed by atoms with van der Waals surface area (Å²) in [7, 11) is 7.13. The molecule has 3 aromatic rings. The molecule has 6 nitrogen and oxygen atoms in total. The van der Waals surface area contributed by atoms with Gasteiger partial charge in [0.15, 0.2) is 5.96 Å². The number of benzene rings is 2. The van der Waals surface area contributed by atoms with Crippen LogP contribution < -0.4 is 14.8 Å². The minimum atomic E-state index is 0.669. The largest absolute Gasteiger partial charge is 0.497 e. The molecule has 0 saturated heterocycles. The Morgan fingerprint density at radius 1 is 1.07 bits per heavy atom. The van der Waals surface area contributed by atoms with E-state index in [0.717, 1.165) is 46.9 Å². The quantitative estimate of drug-likeness (QED) is 0.493. The van der Waals surface area contributed by atoms with E-state index >= 15 is 0 Å². The van der Waals surface area contributed by atoms with Crippen molar-refractivity contribution in [2.45, 2.75) is 13.0 Å². The smallest absolute Gasteiger partial charge is 0.193 e. The van der Waals surface area contributed by atoms with Crippen molar-refractivity contribution in [3.05, 3.63) is 65.9 Å². The van der Waals surface area contributed by atoms with Crippen LogP contribution in [0.3, 0.4) is 0 Å². The molecule has 6 heteroatoms. The third kappa shape index (κ3) is 4.96. The lowest BCUT2D eigenvalue weighted by Gasteiger charge is -2.23. The Morgan fingerprint density at radius 2 is 1.90 bits per heavy atom. The monoisotopic (exact) mass is 392 g/mol. The number of aliphatic imine (C=N–C) groups is 1. The maximum atomic E-state index is 5.51. The molecule has 1 heterocycles. The summed E-state index contributed by atoms with van der Waals surface area (Å²) < 4.78 is 10.8. The summed E-state index contributed by atoms with van der Waals surface area (Å²) >= 11 is 0. The molecule has 1 N–H and O–H groups in total. The highest BCUT2D eigenvalue weighted by Gasteiger charge is 2.11. The van der Waals surface area contributed by atoms with Gasteiger partial charge in [0, 0.05) is 50.4 Å². The fourth-order valence-electron chi connectivity index (χ4n) is 3.38. The first-order valence-corrected chi connectivity index (χ1v) is 9.61. The molecule has 0 fully saturated rings.